The monoisotopic (exact) mass is 186 g/mol. The molecule has 12 heavy (non-hydrogen) atoms. The van der Waals surface area contributed by atoms with Crippen molar-refractivity contribution >= 4 is 0 Å². The van der Waals surface area contributed by atoms with E-state index < -0.39 is 0 Å². The molecule has 0 heterocycles. The third-order valence-corrected chi connectivity index (χ3v) is 1.86. The number of hydrogen-bond acceptors (Lipinski definition) is 1. The lowest BCUT2D eigenvalue weighted by Crippen LogP contribution is -3.00. The van der Waals surface area contributed by atoms with Gasteiger partial charge in [0.1, 0.15) is 0 Å². The predicted octanol–water partition coefficient (Wildman–Crippen LogP) is -2.11. The lowest BCUT2D eigenvalue weighted by molar-refractivity contribution is -0.453. The molecule has 68 valence electrons. The van der Waals surface area contributed by atoms with Crippen molar-refractivity contribution in [2.45, 2.75) is 19.4 Å². The third kappa shape index (κ3) is 2.81. The Kier molecular flexibility index (Phi) is 5.72. The summed E-state index contributed by atoms with van der Waals surface area (Å²) in [5.41, 5.74) is 4.33. The van der Waals surface area contributed by atoms with E-state index in [9.17, 15) is 0 Å². The van der Waals surface area contributed by atoms with Gasteiger partial charge in [0.25, 0.3) is 0 Å². The molecule has 1 aromatic carbocycles. The van der Waals surface area contributed by atoms with Crippen LogP contribution in [0.5, 0.6) is 0 Å². The average molecular weight is 187 g/mol. The maximum absolute atomic E-state index is 3.68. The Morgan fingerprint density at radius 1 is 1.33 bits per heavy atom. The lowest BCUT2D eigenvalue weighted by atomic mass is 10.1. The fourth-order valence-corrected chi connectivity index (χ4v) is 1.18. The standard InChI is InChI=1S/C9H14N2.ClH/c1-2-9(11-10)8-6-4-3-5-7-8;/h3-7,9,11H,2,10H2,1H3;1H. The first kappa shape index (κ1) is 11.4. The first-order valence-electron chi connectivity index (χ1n) is 3.96. The van der Waals surface area contributed by atoms with Crippen LogP contribution < -0.4 is 23.7 Å². The number of hydrogen-bond donors (Lipinski definition) is 2. The summed E-state index contributed by atoms with van der Waals surface area (Å²) in [7, 11) is 0. The minimum atomic E-state index is 0. The van der Waals surface area contributed by atoms with Gasteiger partial charge in [0.05, 0.1) is 6.04 Å². The molecule has 3 heteroatoms. The lowest BCUT2D eigenvalue weighted by Gasteiger charge is -2.10. The summed E-state index contributed by atoms with van der Waals surface area (Å²) < 4.78 is 0. The molecule has 0 aromatic heterocycles. The Hall–Kier alpha value is -0.570. The fraction of sp³-hybridized carbons (Fsp3) is 0.333. The van der Waals surface area contributed by atoms with Crippen LogP contribution in [0.15, 0.2) is 30.3 Å². The van der Waals surface area contributed by atoms with Crippen molar-refractivity contribution in [3.8, 4) is 0 Å². The molecule has 0 aliphatic rings. The molecule has 1 unspecified atom stereocenters. The molecule has 2 nitrogen and oxygen atoms in total. The van der Waals surface area contributed by atoms with E-state index in [1.165, 1.54) is 5.56 Å². The molecule has 0 saturated heterocycles. The average Bonchev–Trinajstić information content (AvgIpc) is 2.09. The quantitative estimate of drug-likeness (QED) is 0.522. The van der Waals surface area contributed by atoms with Crippen LogP contribution in [0.3, 0.4) is 0 Å². The van der Waals surface area contributed by atoms with Gasteiger partial charge >= 0.3 is 0 Å². The van der Waals surface area contributed by atoms with Gasteiger partial charge in [-0.15, -0.1) is 0 Å². The Bertz CT molecular complexity index is 197. The Morgan fingerprint density at radius 3 is 2.33 bits per heavy atom. The molecule has 1 rings (SSSR count). The van der Waals surface area contributed by atoms with E-state index >= 15 is 0 Å². The van der Waals surface area contributed by atoms with Gasteiger partial charge < -0.3 is 12.4 Å². The molecular formula is C9H15ClN2. The molecule has 0 fully saturated rings. The number of quaternary nitrogens is 1. The van der Waals surface area contributed by atoms with Gasteiger partial charge in [-0.1, -0.05) is 37.3 Å². The zero-order chi connectivity index (χ0) is 8.10. The molecule has 0 spiro atoms. The van der Waals surface area contributed by atoms with E-state index in [4.69, 9.17) is 0 Å². The van der Waals surface area contributed by atoms with Gasteiger partial charge in [0.2, 0.25) is 0 Å². The van der Waals surface area contributed by atoms with E-state index in [0.717, 1.165) is 6.42 Å². The van der Waals surface area contributed by atoms with E-state index in [2.05, 4.69) is 42.5 Å². The minimum Gasteiger partial charge on any atom is -1.00 e. The second-order valence-electron chi connectivity index (χ2n) is 2.58. The molecular weight excluding hydrogens is 172 g/mol. The minimum absolute atomic E-state index is 0. The molecule has 0 aliphatic heterocycles. The normalized spacial score (nSPS) is 11.8. The van der Waals surface area contributed by atoms with Gasteiger partial charge in [-0.25, -0.2) is 0 Å². The summed E-state index contributed by atoms with van der Waals surface area (Å²) in [5, 5.41) is 0. The maximum atomic E-state index is 3.68. The van der Waals surface area contributed by atoms with Crippen LogP contribution in [-0.2, 0) is 0 Å². The molecule has 0 amide bonds. The highest BCUT2D eigenvalue weighted by Crippen LogP contribution is 2.13. The first-order chi connectivity index (χ1) is 5.38. The van der Waals surface area contributed by atoms with Gasteiger partial charge in [0, 0.05) is 0 Å². The Morgan fingerprint density at radius 2 is 1.92 bits per heavy atom. The van der Waals surface area contributed by atoms with E-state index in [1.54, 1.807) is 0 Å². The van der Waals surface area contributed by atoms with Crippen molar-refractivity contribution in [1.82, 2.24) is 5.43 Å². The second kappa shape index (κ2) is 6.00. The molecule has 0 bridgehead atoms. The largest absolute Gasteiger partial charge is 1.00 e. The van der Waals surface area contributed by atoms with Gasteiger partial charge in [0.15, 0.2) is 0 Å². The number of benzene rings is 1. The van der Waals surface area contributed by atoms with Crippen LogP contribution in [-0.4, -0.2) is 0 Å². The Labute approximate surface area is 79.5 Å². The van der Waals surface area contributed by atoms with Crippen molar-refractivity contribution in [1.29, 1.82) is 0 Å². The van der Waals surface area contributed by atoms with Crippen molar-refractivity contribution in [3.05, 3.63) is 35.9 Å². The second-order valence-corrected chi connectivity index (χ2v) is 2.58. The fourth-order valence-electron chi connectivity index (χ4n) is 1.18. The van der Waals surface area contributed by atoms with Crippen molar-refractivity contribution in [2.75, 3.05) is 0 Å². The molecule has 1 atom stereocenters. The van der Waals surface area contributed by atoms with Crippen LogP contribution in [0.2, 0.25) is 0 Å². The van der Waals surface area contributed by atoms with Gasteiger partial charge in [-0.2, -0.15) is 5.43 Å². The highest BCUT2D eigenvalue weighted by molar-refractivity contribution is 5.18. The highest BCUT2D eigenvalue weighted by atomic mass is 35.5. The smallest absolute Gasteiger partial charge is 0.0800 e. The highest BCUT2D eigenvalue weighted by Gasteiger charge is 2.05. The summed E-state index contributed by atoms with van der Waals surface area (Å²) in [6.07, 6.45) is 1.08. The van der Waals surface area contributed by atoms with Crippen molar-refractivity contribution in [2.24, 2.45) is 0 Å². The van der Waals surface area contributed by atoms with E-state index in [0.29, 0.717) is 6.04 Å². The summed E-state index contributed by atoms with van der Waals surface area (Å²) in [4.78, 5) is 0. The molecule has 0 radical (unpaired) electrons. The summed E-state index contributed by atoms with van der Waals surface area (Å²) in [6, 6.07) is 10.8. The van der Waals surface area contributed by atoms with Crippen LogP contribution in [0.25, 0.3) is 0 Å². The SMILES string of the molecule is CCC(N[NH3+])c1ccccc1.[Cl-]. The molecule has 0 saturated carbocycles. The van der Waals surface area contributed by atoms with Crippen LogP contribution in [0, 0.1) is 0 Å². The van der Waals surface area contributed by atoms with Crippen LogP contribution in [0.1, 0.15) is 24.9 Å². The van der Waals surface area contributed by atoms with E-state index in [1.807, 2.05) is 6.07 Å². The summed E-state index contributed by atoms with van der Waals surface area (Å²) in [6.45, 7) is 2.15. The van der Waals surface area contributed by atoms with E-state index in [-0.39, 0.29) is 12.4 Å². The Balaban J connectivity index is 0.00000121. The predicted molar refractivity (Wildman–Crippen MR) is 45.5 cm³/mol. The molecule has 0 aliphatic carbocycles. The maximum Gasteiger partial charge on any atom is 0.0800 e. The first-order valence-corrected chi connectivity index (χ1v) is 3.96. The van der Waals surface area contributed by atoms with Gasteiger partial charge in [-0.3, -0.25) is 5.84 Å². The molecule has 1 aromatic rings. The number of nitrogens with one attached hydrogen (secondary N) is 1. The van der Waals surface area contributed by atoms with Crippen LogP contribution in [0.4, 0.5) is 0 Å². The summed E-state index contributed by atoms with van der Waals surface area (Å²) >= 11 is 0. The zero-order valence-corrected chi connectivity index (χ0v) is 8.01. The van der Waals surface area contributed by atoms with Crippen LogP contribution >= 0.6 is 0 Å². The zero-order valence-electron chi connectivity index (χ0n) is 7.26. The molecule has 4 N–H and O–H groups in total. The van der Waals surface area contributed by atoms with Gasteiger partial charge in [-0.05, 0) is 12.0 Å². The third-order valence-electron chi connectivity index (χ3n) is 1.86. The number of rotatable bonds is 3. The van der Waals surface area contributed by atoms with Crippen molar-refractivity contribution in [3.63, 3.8) is 0 Å². The topological polar surface area (TPSA) is 39.7 Å². The number of halogens is 1. The van der Waals surface area contributed by atoms with Crippen molar-refractivity contribution < 1.29 is 18.2 Å². The summed E-state index contributed by atoms with van der Waals surface area (Å²) in [5.74, 6) is 3.68.